The highest BCUT2D eigenvalue weighted by Gasteiger charge is 2.11. The smallest absolute Gasteiger partial charge is 0.161 e. The number of ether oxygens (including phenoxy) is 2. The fourth-order valence-electron chi connectivity index (χ4n) is 2.18. The molecular weight excluding hydrogens is 261 g/mol. The number of carbonyl (C=O) groups excluding carboxylic acids is 1. The molecule has 0 aromatic heterocycles. The van der Waals surface area contributed by atoms with Gasteiger partial charge < -0.3 is 9.47 Å². The summed E-state index contributed by atoms with van der Waals surface area (Å²) >= 11 is 0. The van der Waals surface area contributed by atoms with E-state index >= 15 is 0 Å². The van der Waals surface area contributed by atoms with Crippen molar-refractivity contribution in [3.8, 4) is 0 Å². The standard InChI is InChI=1S/C15H20FNO3/c16-14-11-13(12-18)3-1-4-15(14)20-8-2-5-17-6-9-19-10-7-17/h1,3,11-12H,2,4-10H2. The number of carbonyl (C=O) groups is 1. The van der Waals surface area contributed by atoms with Crippen LogP contribution in [-0.2, 0) is 14.3 Å². The molecular formula is C15H20FNO3. The van der Waals surface area contributed by atoms with Crippen LogP contribution in [-0.4, -0.2) is 50.6 Å². The first-order valence-corrected chi connectivity index (χ1v) is 6.94. The molecule has 2 rings (SSSR count). The molecule has 0 aromatic rings. The van der Waals surface area contributed by atoms with E-state index in [-0.39, 0.29) is 0 Å². The van der Waals surface area contributed by atoms with Gasteiger partial charge in [0, 0.05) is 31.6 Å². The number of aldehydes is 1. The Labute approximate surface area is 118 Å². The second-order valence-corrected chi connectivity index (χ2v) is 4.80. The van der Waals surface area contributed by atoms with Crippen molar-refractivity contribution >= 4 is 6.29 Å². The van der Waals surface area contributed by atoms with E-state index in [9.17, 15) is 9.18 Å². The molecule has 1 aliphatic heterocycles. The Kier molecular flexibility index (Phi) is 5.95. The van der Waals surface area contributed by atoms with Crippen LogP contribution in [0.1, 0.15) is 12.8 Å². The molecule has 20 heavy (non-hydrogen) atoms. The Morgan fingerprint density at radius 3 is 2.95 bits per heavy atom. The predicted molar refractivity (Wildman–Crippen MR) is 73.9 cm³/mol. The fourth-order valence-corrected chi connectivity index (χ4v) is 2.18. The van der Waals surface area contributed by atoms with Gasteiger partial charge in [-0.2, -0.15) is 0 Å². The van der Waals surface area contributed by atoms with Crippen LogP contribution in [0.5, 0.6) is 0 Å². The highest BCUT2D eigenvalue weighted by molar-refractivity contribution is 5.78. The first-order valence-electron chi connectivity index (χ1n) is 6.94. The van der Waals surface area contributed by atoms with E-state index in [1.807, 2.05) is 0 Å². The van der Waals surface area contributed by atoms with Crippen LogP contribution in [0, 0.1) is 0 Å². The Hall–Kier alpha value is -1.46. The first kappa shape index (κ1) is 14.9. The molecule has 0 radical (unpaired) electrons. The Morgan fingerprint density at radius 1 is 1.40 bits per heavy atom. The van der Waals surface area contributed by atoms with Crippen molar-refractivity contribution in [2.45, 2.75) is 12.8 Å². The second-order valence-electron chi connectivity index (χ2n) is 4.80. The summed E-state index contributed by atoms with van der Waals surface area (Å²) in [5.74, 6) is -0.149. The number of hydrogen-bond donors (Lipinski definition) is 0. The Balaban J connectivity index is 1.74. The lowest BCUT2D eigenvalue weighted by Crippen LogP contribution is -2.37. The minimum absolute atomic E-state index is 0.306. The molecule has 0 aromatic carbocycles. The molecule has 4 nitrogen and oxygen atoms in total. The van der Waals surface area contributed by atoms with Crippen LogP contribution >= 0.6 is 0 Å². The zero-order chi connectivity index (χ0) is 14.2. The summed E-state index contributed by atoms with van der Waals surface area (Å²) < 4.78 is 24.6. The summed E-state index contributed by atoms with van der Waals surface area (Å²) in [7, 11) is 0. The average Bonchev–Trinajstić information content (AvgIpc) is 2.66. The van der Waals surface area contributed by atoms with Gasteiger partial charge in [0.05, 0.1) is 19.8 Å². The van der Waals surface area contributed by atoms with E-state index in [0.29, 0.717) is 30.6 Å². The summed E-state index contributed by atoms with van der Waals surface area (Å²) in [6, 6.07) is 0. The fraction of sp³-hybridized carbons (Fsp3) is 0.533. The van der Waals surface area contributed by atoms with Gasteiger partial charge in [-0.1, -0.05) is 12.2 Å². The topological polar surface area (TPSA) is 38.8 Å². The van der Waals surface area contributed by atoms with Crippen molar-refractivity contribution in [3.05, 3.63) is 35.4 Å². The predicted octanol–water partition coefficient (Wildman–Crippen LogP) is 1.99. The minimum Gasteiger partial charge on any atom is -0.495 e. The minimum atomic E-state index is -0.455. The van der Waals surface area contributed by atoms with E-state index in [0.717, 1.165) is 39.3 Å². The number of hydrogen-bond acceptors (Lipinski definition) is 4. The molecule has 0 bridgehead atoms. The van der Waals surface area contributed by atoms with Crippen molar-refractivity contribution in [1.82, 2.24) is 4.90 Å². The summed E-state index contributed by atoms with van der Waals surface area (Å²) in [6.45, 7) is 4.88. The van der Waals surface area contributed by atoms with Crippen LogP contribution in [0.4, 0.5) is 4.39 Å². The maximum Gasteiger partial charge on any atom is 0.161 e. The molecule has 0 amide bonds. The molecule has 0 spiro atoms. The van der Waals surface area contributed by atoms with Crippen LogP contribution in [0.15, 0.2) is 35.4 Å². The maximum atomic E-state index is 13.8. The van der Waals surface area contributed by atoms with Crippen LogP contribution in [0.3, 0.4) is 0 Å². The highest BCUT2D eigenvalue weighted by atomic mass is 19.1. The molecule has 0 saturated carbocycles. The van der Waals surface area contributed by atoms with Crippen LogP contribution in [0.2, 0.25) is 0 Å². The van der Waals surface area contributed by atoms with Crippen molar-refractivity contribution < 1.29 is 18.7 Å². The van der Waals surface area contributed by atoms with E-state index in [2.05, 4.69) is 4.90 Å². The normalized spacial score (nSPS) is 20.6. The van der Waals surface area contributed by atoms with Gasteiger partial charge in [0.1, 0.15) is 12.0 Å². The first-order chi connectivity index (χ1) is 9.79. The van der Waals surface area contributed by atoms with Gasteiger partial charge in [-0.25, -0.2) is 4.39 Å². The van der Waals surface area contributed by atoms with Crippen molar-refractivity contribution in [1.29, 1.82) is 0 Å². The number of rotatable bonds is 6. The summed E-state index contributed by atoms with van der Waals surface area (Å²) in [5, 5.41) is 0. The number of allylic oxidation sites excluding steroid dienone is 5. The molecule has 1 aliphatic carbocycles. The van der Waals surface area contributed by atoms with Gasteiger partial charge in [-0.05, 0) is 12.5 Å². The molecule has 5 heteroatoms. The molecule has 1 heterocycles. The van der Waals surface area contributed by atoms with Crippen molar-refractivity contribution in [3.63, 3.8) is 0 Å². The maximum absolute atomic E-state index is 13.8. The van der Waals surface area contributed by atoms with E-state index < -0.39 is 5.83 Å². The third-order valence-electron chi connectivity index (χ3n) is 3.31. The average molecular weight is 281 g/mol. The molecule has 1 fully saturated rings. The monoisotopic (exact) mass is 281 g/mol. The van der Waals surface area contributed by atoms with Gasteiger partial charge in [-0.15, -0.1) is 0 Å². The van der Waals surface area contributed by atoms with Crippen LogP contribution in [0.25, 0.3) is 0 Å². The lowest BCUT2D eigenvalue weighted by molar-refractivity contribution is -0.104. The molecule has 0 unspecified atom stereocenters. The van der Waals surface area contributed by atoms with E-state index in [1.165, 1.54) is 6.08 Å². The SMILES string of the molecule is O=CC1=CC(F)=C(OCCCN2CCOCC2)CC=C1. The molecule has 0 N–H and O–H groups in total. The van der Waals surface area contributed by atoms with E-state index in [1.54, 1.807) is 12.2 Å². The van der Waals surface area contributed by atoms with Gasteiger partial charge in [0.15, 0.2) is 5.83 Å². The summed E-state index contributed by atoms with van der Waals surface area (Å²) in [6.07, 6.45) is 6.44. The lowest BCUT2D eigenvalue weighted by atomic mass is 10.2. The zero-order valence-electron chi connectivity index (χ0n) is 11.5. The molecule has 110 valence electrons. The van der Waals surface area contributed by atoms with E-state index in [4.69, 9.17) is 9.47 Å². The van der Waals surface area contributed by atoms with Crippen LogP contribution < -0.4 is 0 Å². The largest absolute Gasteiger partial charge is 0.495 e. The zero-order valence-corrected chi connectivity index (χ0v) is 11.5. The number of halogens is 1. The second kappa shape index (κ2) is 7.97. The summed E-state index contributed by atoms with van der Waals surface area (Å²) in [4.78, 5) is 12.9. The van der Waals surface area contributed by atoms with Gasteiger partial charge in [-0.3, -0.25) is 9.69 Å². The third kappa shape index (κ3) is 4.58. The van der Waals surface area contributed by atoms with Crippen molar-refractivity contribution in [2.24, 2.45) is 0 Å². The molecule has 1 saturated heterocycles. The van der Waals surface area contributed by atoms with Gasteiger partial charge >= 0.3 is 0 Å². The van der Waals surface area contributed by atoms with Crippen molar-refractivity contribution in [2.75, 3.05) is 39.5 Å². The number of nitrogens with zero attached hydrogens (tertiary/aromatic N) is 1. The Morgan fingerprint density at radius 2 is 2.20 bits per heavy atom. The molecule has 2 aliphatic rings. The third-order valence-corrected chi connectivity index (χ3v) is 3.31. The number of morpholine rings is 1. The quantitative estimate of drug-likeness (QED) is 0.551. The molecule has 0 atom stereocenters. The van der Waals surface area contributed by atoms with Gasteiger partial charge in [0.25, 0.3) is 0 Å². The lowest BCUT2D eigenvalue weighted by Gasteiger charge is -2.26. The highest BCUT2D eigenvalue weighted by Crippen LogP contribution is 2.19. The Bertz CT molecular complexity index is 423. The summed E-state index contributed by atoms with van der Waals surface area (Å²) in [5.41, 5.74) is 0.328. The van der Waals surface area contributed by atoms with Gasteiger partial charge in [0.2, 0.25) is 0 Å².